The molecule has 2 atom stereocenters. The van der Waals surface area contributed by atoms with E-state index in [4.69, 9.17) is 11.6 Å². The lowest BCUT2D eigenvalue weighted by Gasteiger charge is -2.05. The van der Waals surface area contributed by atoms with Gasteiger partial charge in [-0.25, -0.2) is 9.37 Å². The number of aromatic nitrogens is 1. The van der Waals surface area contributed by atoms with Crippen molar-refractivity contribution in [2.24, 2.45) is 11.8 Å². The Labute approximate surface area is 87.5 Å². The molecule has 14 heavy (non-hydrogen) atoms. The summed E-state index contributed by atoms with van der Waals surface area (Å²) in [6, 6.07) is 1.27. The molecule has 2 rings (SSSR count). The van der Waals surface area contributed by atoms with Crippen molar-refractivity contribution in [2.75, 3.05) is 11.9 Å². The average Bonchev–Trinajstić information content (AvgIpc) is 2.80. The molecule has 1 fully saturated rings. The summed E-state index contributed by atoms with van der Waals surface area (Å²) in [6.07, 6.45) is 2.67. The third-order valence-corrected chi connectivity index (χ3v) is 2.82. The van der Waals surface area contributed by atoms with E-state index in [-0.39, 0.29) is 5.82 Å². The number of nitrogens with one attached hydrogen (secondary N) is 1. The molecule has 0 saturated heterocycles. The minimum Gasteiger partial charge on any atom is -0.367 e. The summed E-state index contributed by atoms with van der Waals surface area (Å²) >= 11 is 5.58. The van der Waals surface area contributed by atoms with Gasteiger partial charge in [-0.05, 0) is 24.3 Å². The highest BCUT2D eigenvalue weighted by atomic mass is 35.5. The maximum atomic E-state index is 13.2. The van der Waals surface area contributed by atoms with Crippen LogP contribution in [0.1, 0.15) is 13.3 Å². The molecular formula is C10H12ClFN2. The quantitative estimate of drug-likeness (QED) is 0.837. The number of rotatable bonds is 3. The zero-order valence-electron chi connectivity index (χ0n) is 7.93. The second kappa shape index (κ2) is 3.73. The molecule has 1 aliphatic rings. The first kappa shape index (κ1) is 9.71. The number of pyridine rings is 1. The molecule has 0 aliphatic heterocycles. The molecule has 1 aliphatic carbocycles. The van der Waals surface area contributed by atoms with Crippen LogP contribution in [0.3, 0.4) is 0 Å². The number of anilines is 1. The fourth-order valence-electron chi connectivity index (χ4n) is 1.46. The number of hydrogen-bond donors (Lipinski definition) is 1. The fraction of sp³-hybridized carbons (Fsp3) is 0.500. The summed E-state index contributed by atoms with van der Waals surface area (Å²) in [6.45, 7) is 2.99. The van der Waals surface area contributed by atoms with Crippen LogP contribution in [0.5, 0.6) is 0 Å². The Morgan fingerprint density at radius 1 is 1.71 bits per heavy atom. The highest BCUT2D eigenvalue weighted by Gasteiger charge is 2.32. The number of hydrogen-bond acceptors (Lipinski definition) is 2. The minimum absolute atomic E-state index is 0.300. The summed E-state index contributed by atoms with van der Waals surface area (Å²) in [4.78, 5) is 3.88. The molecule has 0 amide bonds. The molecular weight excluding hydrogens is 203 g/mol. The Kier molecular flexibility index (Phi) is 2.59. The van der Waals surface area contributed by atoms with E-state index in [0.717, 1.165) is 12.5 Å². The van der Waals surface area contributed by atoms with Gasteiger partial charge >= 0.3 is 0 Å². The first-order valence-electron chi connectivity index (χ1n) is 4.71. The zero-order chi connectivity index (χ0) is 10.1. The predicted molar refractivity (Wildman–Crippen MR) is 55.0 cm³/mol. The first-order chi connectivity index (χ1) is 6.66. The van der Waals surface area contributed by atoms with Crippen molar-refractivity contribution < 1.29 is 4.39 Å². The van der Waals surface area contributed by atoms with Crippen molar-refractivity contribution in [3.05, 3.63) is 23.1 Å². The van der Waals surface area contributed by atoms with Crippen molar-refractivity contribution in [3.8, 4) is 0 Å². The van der Waals surface area contributed by atoms with Crippen LogP contribution in [0, 0.1) is 17.7 Å². The maximum absolute atomic E-state index is 13.2. The molecule has 2 nitrogen and oxygen atoms in total. The van der Waals surface area contributed by atoms with Crippen molar-refractivity contribution in [1.29, 1.82) is 0 Å². The van der Waals surface area contributed by atoms with Crippen LogP contribution in [0.2, 0.25) is 5.02 Å². The van der Waals surface area contributed by atoms with E-state index in [2.05, 4.69) is 17.2 Å². The van der Waals surface area contributed by atoms with Crippen molar-refractivity contribution in [3.63, 3.8) is 0 Å². The lowest BCUT2D eigenvalue weighted by molar-refractivity contribution is 0.622. The van der Waals surface area contributed by atoms with Gasteiger partial charge in [0.05, 0.1) is 5.02 Å². The Balaban J connectivity index is 1.95. The van der Waals surface area contributed by atoms with Crippen LogP contribution in [0.15, 0.2) is 12.3 Å². The third-order valence-electron chi connectivity index (χ3n) is 2.62. The topological polar surface area (TPSA) is 24.9 Å². The van der Waals surface area contributed by atoms with E-state index in [1.165, 1.54) is 18.7 Å². The molecule has 0 bridgehead atoms. The van der Waals surface area contributed by atoms with Crippen molar-refractivity contribution in [1.82, 2.24) is 4.98 Å². The summed E-state index contributed by atoms with van der Waals surface area (Å²) in [5, 5.41) is 3.31. The number of nitrogens with zero attached hydrogens (tertiary/aromatic N) is 1. The molecule has 0 spiro atoms. The fourth-order valence-corrected chi connectivity index (χ4v) is 1.60. The second-order valence-corrected chi connectivity index (χ2v) is 4.27. The standard InChI is InChI=1S/C10H12ClFN2/c1-6-2-7(6)4-13-10-9(12)3-8(11)5-14-10/h3,5-7H,2,4H2,1H3,(H,13,14). The van der Waals surface area contributed by atoms with Crippen LogP contribution in [0.25, 0.3) is 0 Å². The zero-order valence-corrected chi connectivity index (χ0v) is 8.68. The second-order valence-electron chi connectivity index (χ2n) is 3.84. The van der Waals surface area contributed by atoms with Crippen LogP contribution in [-0.4, -0.2) is 11.5 Å². The van der Waals surface area contributed by atoms with Gasteiger partial charge in [0.2, 0.25) is 0 Å². The van der Waals surface area contributed by atoms with Gasteiger partial charge in [0.15, 0.2) is 11.6 Å². The summed E-state index contributed by atoms with van der Waals surface area (Å²) in [5.74, 6) is 1.35. The molecule has 2 unspecified atom stereocenters. The van der Waals surface area contributed by atoms with Gasteiger partial charge in [-0.15, -0.1) is 0 Å². The molecule has 1 heterocycles. The highest BCUT2D eigenvalue weighted by Crippen LogP contribution is 2.37. The molecule has 4 heteroatoms. The average molecular weight is 215 g/mol. The predicted octanol–water partition coefficient (Wildman–Crippen LogP) is 2.94. The normalized spacial score (nSPS) is 24.8. The Morgan fingerprint density at radius 3 is 3.00 bits per heavy atom. The van der Waals surface area contributed by atoms with Crippen LogP contribution in [-0.2, 0) is 0 Å². The van der Waals surface area contributed by atoms with Gasteiger partial charge in [-0.1, -0.05) is 18.5 Å². The van der Waals surface area contributed by atoms with Gasteiger partial charge in [0.25, 0.3) is 0 Å². The van der Waals surface area contributed by atoms with Gasteiger partial charge < -0.3 is 5.32 Å². The van der Waals surface area contributed by atoms with Crippen molar-refractivity contribution >= 4 is 17.4 Å². The Hall–Kier alpha value is -0.830. The lowest BCUT2D eigenvalue weighted by atomic mass is 10.3. The lowest BCUT2D eigenvalue weighted by Crippen LogP contribution is -2.07. The minimum atomic E-state index is -0.384. The van der Waals surface area contributed by atoms with Crippen LogP contribution in [0.4, 0.5) is 10.2 Å². The van der Waals surface area contributed by atoms with E-state index >= 15 is 0 Å². The van der Waals surface area contributed by atoms with Gasteiger partial charge in [0, 0.05) is 12.7 Å². The maximum Gasteiger partial charge on any atom is 0.166 e. The van der Waals surface area contributed by atoms with Crippen LogP contribution < -0.4 is 5.32 Å². The van der Waals surface area contributed by atoms with E-state index in [1.807, 2.05) is 0 Å². The van der Waals surface area contributed by atoms with E-state index < -0.39 is 0 Å². The SMILES string of the molecule is CC1CC1CNc1ncc(Cl)cc1F. The summed E-state index contributed by atoms with van der Waals surface area (Å²) in [5.41, 5.74) is 0. The van der Waals surface area contributed by atoms with Gasteiger partial charge in [-0.2, -0.15) is 0 Å². The first-order valence-corrected chi connectivity index (χ1v) is 5.09. The van der Waals surface area contributed by atoms with Gasteiger partial charge in [-0.3, -0.25) is 0 Å². The van der Waals surface area contributed by atoms with Gasteiger partial charge in [0.1, 0.15) is 0 Å². The molecule has 1 saturated carbocycles. The van der Waals surface area contributed by atoms with Crippen LogP contribution >= 0.6 is 11.6 Å². The van der Waals surface area contributed by atoms with E-state index in [9.17, 15) is 4.39 Å². The van der Waals surface area contributed by atoms with E-state index in [0.29, 0.717) is 16.8 Å². The highest BCUT2D eigenvalue weighted by molar-refractivity contribution is 6.30. The Bertz CT molecular complexity index is 343. The monoisotopic (exact) mass is 214 g/mol. The Morgan fingerprint density at radius 2 is 2.43 bits per heavy atom. The molecule has 76 valence electrons. The van der Waals surface area contributed by atoms with E-state index in [1.54, 1.807) is 0 Å². The number of halogens is 2. The molecule has 0 aromatic carbocycles. The molecule has 1 N–H and O–H groups in total. The van der Waals surface area contributed by atoms with Crippen molar-refractivity contribution in [2.45, 2.75) is 13.3 Å². The summed E-state index contributed by atoms with van der Waals surface area (Å²) < 4.78 is 13.2. The molecule has 0 radical (unpaired) electrons. The molecule has 1 aromatic rings. The molecule has 1 aromatic heterocycles. The smallest absolute Gasteiger partial charge is 0.166 e. The largest absolute Gasteiger partial charge is 0.367 e. The third kappa shape index (κ3) is 2.15. The summed E-state index contributed by atoms with van der Waals surface area (Å²) in [7, 11) is 0.